The van der Waals surface area contributed by atoms with Gasteiger partial charge in [-0.25, -0.2) is 0 Å². The van der Waals surface area contributed by atoms with Gasteiger partial charge < -0.3 is 10.4 Å². The van der Waals surface area contributed by atoms with Crippen LogP contribution in [0.5, 0.6) is 0 Å². The van der Waals surface area contributed by atoms with Crippen LogP contribution < -0.4 is 5.32 Å². The van der Waals surface area contributed by atoms with E-state index in [2.05, 4.69) is 5.32 Å². The molecule has 0 heterocycles. The Hall–Kier alpha value is 0.520. The number of halogens is 8. The molecule has 0 bridgehead atoms. The van der Waals surface area contributed by atoms with Gasteiger partial charge in [-0.2, -0.15) is 0 Å². The molecule has 0 aliphatic carbocycles. The fourth-order valence-electron chi connectivity index (χ4n) is 1.95. The number of anilines is 1. The van der Waals surface area contributed by atoms with Crippen molar-refractivity contribution in [2.45, 2.75) is 0 Å². The van der Waals surface area contributed by atoms with Gasteiger partial charge in [-0.1, -0.05) is 92.8 Å². The molecule has 0 fully saturated rings. The summed E-state index contributed by atoms with van der Waals surface area (Å²) in [6.07, 6.45) is 0. The molecule has 2 aromatic carbocycles. The Morgan fingerprint density at radius 1 is 0.667 bits per heavy atom. The molecular formula is C14H7Cl8NO. The van der Waals surface area contributed by atoms with Crippen LogP contribution in [0.1, 0.15) is 0 Å². The van der Waals surface area contributed by atoms with Crippen LogP contribution in [0.25, 0.3) is 11.1 Å². The van der Waals surface area contributed by atoms with Gasteiger partial charge in [0.1, 0.15) is 0 Å². The minimum absolute atomic E-state index is 0.0342. The Labute approximate surface area is 178 Å². The molecular weight excluding hydrogens is 482 g/mol. The van der Waals surface area contributed by atoms with Gasteiger partial charge in [-0.3, -0.25) is 0 Å². The zero-order valence-corrected chi connectivity index (χ0v) is 17.5. The molecule has 0 aliphatic heterocycles. The summed E-state index contributed by atoms with van der Waals surface area (Å²) in [7, 11) is 0. The van der Waals surface area contributed by atoms with Gasteiger partial charge in [0.15, 0.2) is 0 Å². The molecule has 0 unspecified atom stereocenters. The van der Waals surface area contributed by atoms with E-state index in [1.54, 1.807) is 6.07 Å². The highest BCUT2D eigenvalue weighted by Crippen LogP contribution is 2.52. The van der Waals surface area contributed by atoms with Crippen molar-refractivity contribution in [1.29, 1.82) is 0 Å². The Bertz CT molecular complexity index is 779. The molecule has 2 aromatic rings. The predicted octanol–water partition coefficient (Wildman–Crippen LogP) is 7.99. The second-order valence-electron chi connectivity index (χ2n) is 4.51. The molecule has 0 atom stereocenters. The lowest BCUT2D eigenvalue weighted by Gasteiger charge is -2.17. The summed E-state index contributed by atoms with van der Waals surface area (Å²) >= 11 is 49.4. The summed E-state index contributed by atoms with van der Waals surface area (Å²) < 4.78 is 0. The topological polar surface area (TPSA) is 32.3 Å². The number of nitrogens with one attached hydrogen (secondary N) is 1. The number of aliphatic hydroxyl groups excluding tert-OH is 1. The lowest BCUT2D eigenvalue weighted by Crippen LogP contribution is -2.06. The van der Waals surface area contributed by atoms with Gasteiger partial charge in [0, 0.05) is 17.7 Å². The average molecular weight is 489 g/mol. The van der Waals surface area contributed by atoms with E-state index >= 15 is 0 Å². The molecule has 0 aliphatic rings. The highest BCUT2D eigenvalue weighted by atomic mass is 35.5. The minimum atomic E-state index is -0.105. The monoisotopic (exact) mass is 485 g/mol. The van der Waals surface area contributed by atoms with Crippen LogP contribution in [0.2, 0.25) is 40.2 Å². The summed E-state index contributed by atoms with van der Waals surface area (Å²) in [5.74, 6) is 0. The Morgan fingerprint density at radius 3 is 1.62 bits per heavy atom. The molecule has 0 saturated carbocycles. The van der Waals surface area contributed by atoms with Crippen molar-refractivity contribution in [3.8, 4) is 11.1 Å². The standard InChI is InChI=1S/C14H7Cl8NO/c15-7-4(3-5(23-1-2-24)8(16)11(7)19)6-9(17)12(20)14(22)13(21)10(6)18/h3,23-24H,1-2H2. The third-order valence-corrected chi connectivity index (χ3v) is 6.69. The first kappa shape index (κ1) is 20.8. The van der Waals surface area contributed by atoms with E-state index in [0.29, 0.717) is 11.3 Å². The van der Waals surface area contributed by atoms with E-state index < -0.39 is 0 Å². The zero-order valence-electron chi connectivity index (χ0n) is 11.5. The maximum atomic E-state index is 8.96. The highest BCUT2D eigenvalue weighted by molar-refractivity contribution is 6.57. The maximum absolute atomic E-state index is 8.96. The second kappa shape index (κ2) is 8.47. The largest absolute Gasteiger partial charge is 0.395 e. The third kappa shape index (κ3) is 3.78. The van der Waals surface area contributed by atoms with Gasteiger partial charge in [-0.15, -0.1) is 0 Å². The van der Waals surface area contributed by atoms with Crippen molar-refractivity contribution in [2.75, 3.05) is 18.5 Å². The average Bonchev–Trinajstić information content (AvgIpc) is 2.57. The van der Waals surface area contributed by atoms with E-state index in [1.165, 1.54) is 0 Å². The first-order valence-corrected chi connectivity index (χ1v) is 9.28. The van der Waals surface area contributed by atoms with Gasteiger partial charge in [0.2, 0.25) is 0 Å². The number of rotatable bonds is 4. The predicted molar refractivity (Wildman–Crippen MR) is 108 cm³/mol. The molecule has 0 spiro atoms. The fourth-order valence-corrected chi connectivity index (χ4v) is 4.00. The zero-order chi connectivity index (χ0) is 18.2. The van der Waals surface area contributed by atoms with E-state index in [-0.39, 0.29) is 58.9 Å². The van der Waals surface area contributed by atoms with Gasteiger partial charge >= 0.3 is 0 Å². The quantitative estimate of drug-likeness (QED) is 0.338. The lowest BCUT2D eigenvalue weighted by atomic mass is 10.0. The highest BCUT2D eigenvalue weighted by Gasteiger charge is 2.24. The van der Waals surface area contributed by atoms with Crippen LogP contribution in [-0.2, 0) is 0 Å². The van der Waals surface area contributed by atoms with E-state index in [1.807, 2.05) is 0 Å². The SMILES string of the molecule is OCCNc1cc(-c2c(Cl)c(Cl)c(Cl)c(Cl)c2Cl)c(Cl)c(Cl)c1Cl. The number of hydrogen-bond donors (Lipinski definition) is 2. The van der Waals surface area contributed by atoms with Crippen LogP contribution in [0.4, 0.5) is 5.69 Å². The van der Waals surface area contributed by atoms with Crippen LogP contribution in [0, 0.1) is 0 Å². The fraction of sp³-hybridized carbons (Fsp3) is 0.143. The minimum Gasteiger partial charge on any atom is -0.395 e. The van der Waals surface area contributed by atoms with Gasteiger partial charge in [0.05, 0.1) is 52.5 Å². The normalized spacial score (nSPS) is 11.0. The smallest absolute Gasteiger partial charge is 0.0839 e. The summed E-state index contributed by atoms with van der Waals surface area (Å²) in [6, 6.07) is 1.58. The van der Waals surface area contributed by atoms with Gasteiger partial charge in [0.25, 0.3) is 0 Å². The lowest BCUT2D eigenvalue weighted by molar-refractivity contribution is 0.311. The third-order valence-electron chi connectivity index (χ3n) is 3.05. The molecule has 0 saturated heterocycles. The van der Waals surface area contributed by atoms with Gasteiger partial charge in [-0.05, 0) is 6.07 Å². The van der Waals surface area contributed by atoms with Crippen LogP contribution in [0.15, 0.2) is 6.07 Å². The second-order valence-corrected chi connectivity index (χ2v) is 7.53. The molecule has 130 valence electrons. The van der Waals surface area contributed by atoms with Crippen LogP contribution in [-0.4, -0.2) is 18.3 Å². The Balaban J connectivity index is 2.81. The number of hydrogen-bond acceptors (Lipinski definition) is 2. The van der Waals surface area contributed by atoms with Crippen LogP contribution in [0.3, 0.4) is 0 Å². The van der Waals surface area contributed by atoms with Crippen molar-refractivity contribution in [2.24, 2.45) is 0 Å². The maximum Gasteiger partial charge on any atom is 0.0839 e. The molecule has 0 radical (unpaired) electrons. The number of benzene rings is 2. The molecule has 0 aromatic heterocycles. The first-order valence-electron chi connectivity index (χ1n) is 6.26. The molecule has 2 nitrogen and oxygen atoms in total. The van der Waals surface area contributed by atoms with E-state index in [4.69, 9.17) is 97.9 Å². The molecule has 10 heteroatoms. The molecule has 24 heavy (non-hydrogen) atoms. The van der Waals surface area contributed by atoms with Crippen molar-refractivity contribution in [3.05, 3.63) is 46.2 Å². The Kier molecular flexibility index (Phi) is 7.35. The van der Waals surface area contributed by atoms with Crippen molar-refractivity contribution in [3.63, 3.8) is 0 Å². The van der Waals surface area contributed by atoms with Crippen molar-refractivity contribution in [1.82, 2.24) is 0 Å². The van der Waals surface area contributed by atoms with E-state index in [9.17, 15) is 0 Å². The number of aliphatic hydroxyl groups is 1. The summed E-state index contributed by atoms with van der Waals surface area (Å²) in [4.78, 5) is 0. The first-order chi connectivity index (χ1) is 11.2. The Morgan fingerprint density at radius 2 is 1.12 bits per heavy atom. The van der Waals surface area contributed by atoms with Crippen molar-refractivity contribution >= 4 is 98.5 Å². The molecule has 2 rings (SSSR count). The summed E-state index contributed by atoms with van der Waals surface area (Å²) in [5, 5.41) is 12.5. The van der Waals surface area contributed by atoms with Crippen molar-refractivity contribution < 1.29 is 5.11 Å². The van der Waals surface area contributed by atoms with E-state index in [0.717, 1.165) is 0 Å². The summed E-state index contributed by atoms with van der Waals surface area (Å²) in [6.45, 7) is 0.146. The summed E-state index contributed by atoms with van der Waals surface area (Å²) in [5.41, 5.74) is 1.07. The molecule has 2 N–H and O–H groups in total. The van der Waals surface area contributed by atoms with Crippen LogP contribution >= 0.6 is 92.8 Å². The molecule has 0 amide bonds.